The summed E-state index contributed by atoms with van der Waals surface area (Å²) in [6.07, 6.45) is 2.67. The molecule has 1 fully saturated rings. The summed E-state index contributed by atoms with van der Waals surface area (Å²) in [5, 5.41) is 6.40. The van der Waals surface area contributed by atoms with E-state index in [1.165, 1.54) is 17.1 Å². The van der Waals surface area contributed by atoms with Crippen LogP contribution in [0, 0.1) is 5.41 Å². The van der Waals surface area contributed by atoms with Crippen molar-refractivity contribution in [3.63, 3.8) is 0 Å². The Morgan fingerprint density at radius 1 is 1.53 bits per heavy atom. The smallest absolute Gasteiger partial charge is 0.0601 e. The van der Waals surface area contributed by atoms with Gasteiger partial charge >= 0.3 is 0 Å². The molecule has 0 spiro atoms. The third-order valence-electron chi connectivity index (χ3n) is 3.36. The molecular formula is C12H19NS2. The Bertz CT molecular complexity index is 305. The van der Waals surface area contributed by atoms with Crippen molar-refractivity contribution in [1.82, 2.24) is 5.32 Å². The second-order valence-corrected chi connectivity index (χ2v) is 7.37. The van der Waals surface area contributed by atoms with Crippen molar-refractivity contribution >= 4 is 23.1 Å². The number of thiophene rings is 1. The van der Waals surface area contributed by atoms with Crippen LogP contribution in [0.4, 0.5) is 0 Å². The van der Waals surface area contributed by atoms with Crippen molar-refractivity contribution in [1.29, 1.82) is 0 Å². The number of hydrogen-bond acceptors (Lipinski definition) is 3. The highest BCUT2D eigenvalue weighted by Gasteiger charge is 2.41. The Hall–Kier alpha value is 0.01000. The lowest BCUT2D eigenvalue weighted by Gasteiger charge is -2.29. The molecule has 1 aromatic heterocycles. The van der Waals surface area contributed by atoms with Crippen LogP contribution in [0.25, 0.3) is 0 Å². The summed E-state index contributed by atoms with van der Waals surface area (Å²) in [7, 11) is 2.10. The van der Waals surface area contributed by atoms with Gasteiger partial charge < -0.3 is 5.32 Å². The fourth-order valence-corrected chi connectivity index (χ4v) is 5.06. The quantitative estimate of drug-likeness (QED) is 0.867. The van der Waals surface area contributed by atoms with Gasteiger partial charge in [-0.2, -0.15) is 0 Å². The maximum absolute atomic E-state index is 3.50. The molecule has 0 amide bonds. The average Bonchev–Trinajstić information content (AvgIpc) is 2.75. The Balaban J connectivity index is 2.04. The molecular weight excluding hydrogens is 222 g/mol. The Labute approximate surface area is 101 Å². The van der Waals surface area contributed by atoms with Crippen LogP contribution in [-0.2, 0) is 0 Å². The summed E-state index contributed by atoms with van der Waals surface area (Å²) < 4.78 is 1.46. The Kier molecular flexibility index (Phi) is 3.43. The van der Waals surface area contributed by atoms with E-state index in [4.69, 9.17) is 0 Å². The van der Waals surface area contributed by atoms with E-state index in [9.17, 15) is 0 Å². The molecule has 1 nitrogen and oxygen atoms in total. The summed E-state index contributed by atoms with van der Waals surface area (Å²) in [5.74, 6) is 0. The van der Waals surface area contributed by atoms with Gasteiger partial charge in [0.15, 0.2) is 0 Å². The van der Waals surface area contributed by atoms with E-state index < -0.39 is 0 Å². The summed E-state index contributed by atoms with van der Waals surface area (Å²) in [4.78, 5) is 0. The molecule has 0 aromatic carbocycles. The second-order valence-electron chi connectivity index (χ2n) is 4.88. The van der Waals surface area contributed by atoms with Crippen LogP contribution in [0.5, 0.6) is 0 Å². The molecule has 0 aliphatic heterocycles. The van der Waals surface area contributed by atoms with Crippen LogP contribution < -0.4 is 5.32 Å². The van der Waals surface area contributed by atoms with Crippen LogP contribution >= 0.6 is 23.1 Å². The first-order chi connectivity index (χ1) is 7.13. The molecule has 0 bridgehead atoms. The first kappa shape index (κ1) is 11.5. The molecule has 2 rings (SSSR count). The predicted octanol–water partition coefficient (Wildman–Crippen LogP) is 3.62. The summed E-state index contributed by atoms with van der Waals surface area (Å²) in [6, 6.07) is 5.01. The molecule has 0 radical (unpaired) electrons. The van der Waals surface area contributed by atoms with E-state index in [0.717, 1.165) is 5.25 Å². The highest BCUT2D eigenvalue weighted by molar-refractivity contribution is 8.01. The minimum absolute atomic E-state index is 0.448. The molecule has 15 heavy (non-hydrogen) atoms. The maximum atomic E-state index is 3.50. The van der Waals surface area contributed by atoms with Gasteiger partial charge in [-0.05, 0) is 36.8 Å². The van der Waals surface area contributed by atoms with Gasteiger partial charge in [-0.1, -0.05) is 19.9 Å². The number of thioether (sulfide) groups is 1. The molecule has 3 heteroatoms. The van der Waals surface area contributed by atoms with E-state index in [0.29, 0.717) is 11.5 Å². The van der Waals surface area contributed by atoms with E-state index in [2.05, 4.69) is 43.7 Å². The van der Waals surface area contributed by atoms with Crippen molar-refractivity contribution in [2.75, 3.05) is 7.05 Å². The van der Waals surface area contributed by atoms with Crippen molar-refractivity contribution in [3.05, 3.63) is 17.5 Å². The minimum atomic E-state index is 0.448. The van der Waals surface area contributed by atoms with Gasteiger partial charge in [0.2, 0.25) is 0 Å². The van der Waals surface area contributed by atoms with Crippen molar-refractivity contribution in [2.24, 2.45) is 5.41 Å². The van der Waals surface area contributed by atoms with E-state index in [1.54, 1.807) is 0 Å². The monoisotopic (exact) mass is 241 g/mol. The van der Waals surface area contributed by atoms with Crippen molar-refractivity contribution < 1.29 is 0 Å². The van der Waals surface area contributed by atoms with E-state index in [1.807, 2.05) is 23.1 Å². The molecule has 1 aromatic rings. The fraction of sp³-hybridized carbons (Fsp3) is 0.667. The number of hydrogen-bond donors (Lipinski definition) is 1. The van der Waals surface area contributed by atoms with Gasteiger partial charge in [0, 0.05) is 11.3 Å². The van der Waals surface area contributed by atoms with Crippen molar-refractivity contribution in [2.45, 2.75) is 42.2 Å². The van der Waals surface area contributed by atoms with Crippen molar-refractivity contribution in [3.8, 4) is 0 Å². The van der Waals surface area contributed by atoms with Gasteiger partial charge in [-0.25, -0.2) is 0 Å². The highest BCUT2D eigenvalue weighted by atomic mass is 32.2. The number of rotatable bonds is 3. The van der Waals surface area contributed by atoms with Crippen LogP contribution in [-0.4, -0.2) is 18.3 Å². The second kappa shape index (κ2) is 4.48. The zero-order valence-electron chi connectivity index (χ0n) is 9.62. The lowest BCUT2D eigenvalue weighted by Crippen LogP contribution is -2.41. The molecule has 1 aliphatic rings. The molecule has 1 heterocycles. The molecule has 1 saturated carbocycles. The van der Waals surface area contributed by atoms with Gasteiger partial charge in [0.25, 0.3) is 0 Å². The van der Waals surface area contributed by atoms with Crippen LogP contribution in [0.15, 0.2) is 21.7 Å². The highest BCUT2D eigenvalue weighted by Crippen LogP contribution is 2.45. The van der Waals surface area contributed by atoms with Gasteiger partial charge in [0.1, 0.15) is 0 Å². The standard InChI is InChI=1S/C12H19NS2/c1-12(2)7-6-9(11(12)13-3)15-10-5-4-8-14-10/h4-5,8-9,11,13H,6-7H2,1-3H3. The Morgan fingerprint density at radius 3 is 2.93 bits per heavy atom. The topological polar surface area (TPSA) is 12.0 Å². The van der Waals surface area contributed by atoms with Crippen LogP contribution in [0.1, 0.15) is 26.7 Å². The molecule has 1 N–H and O–H groups in total. The molecule has 2 atom stereocenters. The average molecular weight is 241 g/mol. The predicted molar refractivity (Wildman–Crippen MR) is 69.8 cm³/mol. The molecule has 2 unspecified atom stereocenters. The normalized spacial score (nSPS) is 29.5. The van der Waals surface area contributed by atoms with E-state index >= 15 is 0 Å². The first-order valence-corrected chi connectivity index (χ1v) is 7.27. The van der Waals surface area contributed by atoms with Crippen LogP contribution in [0.3, 0.4) is 0 Å². The van der Waals surface area contributed by atoms with Gasteiger partial charge in [-0.15, -0.1) is 23.1 Å². The van der Waals surface area contributed by atoms with E-state index in [-0.39, 0.29) is 0 Å². The third kappa shape index (κ3) is 2.40. The fourth-order valence-electron chi connectivity index (χ4n) is 2.52. The summed E-state index contributed by atoms with van der Waals surface area (Å²) in [5.41, 5.74) is 0.448. The zero-order chi connectivity index (χ0) is 10.9. The SMILES string of the molecule is CNC1C(Sc2cccs2)CCC1(C)C. The minimum Gasteiger partial charge on any atom is -0.315 e. The first-order valence-electron chi connectivity index (χ1n) is 5.51. The molecule has 84 valence electrons. The zero-order valence-corrected chi connectivity index (χ0v) is 11.3. The molecule has 1 aliphatic carbocycles. The van der Waals surface area contributed by atoms with Crippen LogP contribution in [0.2, 0.25) is 0 Å². The summed E-state index contributed by atoms with van der Waals surface area (Å²) in [6.45, 7) is 4.76. The lowest BCUT2D eigenvalue weighted by atomic mass is 9.87. The van der Waals surface area contributed by atoms with Gasteiger partial charge in [0.05, 0.1) is 4.21 Å². The number of nitrogens with one attached hydrogen (secondary N) is 1. The van der Waals surface area contributed by atoms with Gasteiger partial charge in [-0.3, -0.25) is 0 Å². The largest absolute Gasteiger partial charge is 0.315 e. The maximum Gasteiger partial charge on any atom is 0.0601 e. The Morgan fingerprint density at radius 2 is 2.33 bits per heavy atom. The summed E-state index contributed by atoms with van der Waals surface area (Å²) >= 11 is 3.91. The lowest BCUT2D eigenvalue weighted by molar-refractivity contribution is 0.300. The molecule has 0 saturated heterocycles. The third-order valence-corrected chi connectivity index (χ3v) is 5.78.